The van der Waals surface area contributed by atoms with E-state index in [1.807, 2.05) is 48.7 Å². The molecule has 4 heterocycles. The normalized spacial score (nSPS) is 16.3. The molecule has 3 aromatic heterocycles. The molecule has 1 saturated heterocycles. The molecule has 1 aliphatic heterocycles. The van der Waals surface area contributed by atoms with E-state index in [2.05, 4.69) is 41.0 Å². The minimum absolute atomic E-state index is 0.000919. The third kappa shape index (κ3) is 4.10. The number of piperidine rings is 1. The van der Waals surface area contributed by atoms with Crippen molar-refractivity contribution in [2.75, 3.05) is 23.3 Å². The van der Waals surface area contributed by atoms with Crippen LogP contribution in [0.5, 0.6) is 0 Å². The molecule has 5 rings (SSSR count). The Kier molecular flexibility index (Phi) is 5.05. The van der Waals surface area contributed by atoms with E-state index >= 15 is 0 Å². The van der Waals surface area contributed by atoms with E-state index in [-0.39, 0.29) is 11.8 Å². The monoisotopic (exact) mass is 416 g/mol. The van der Waals surface area contributed by atoms with Gasteiger partial charge in [-0.05, 0) is 65.7 Å². The zero-order chi connectivity index (χ0) is 21.0. The summed E-state index contributed by atoms with van der Waals surface area (Å²) in [4.78, 5) is 15.0. The molecule has 1 aromatic carbocycles. The van der Waals surface area contributed by atoms with Crippen LogP contribution >= 0.6 is 0 Å². The van der Waals surface area contributed by atoms with Crippen LogP contribution in [0, 0.1) is 5.92 Å². The Balaban J connectivity index is 1.22. The Bertz CT molecular complexity index is 1120. The summed E-state index contributed by atoms with van der Waals surface area (Å²) in [6.45, 7) is 1.45. The van der Waals surface area contributed by atoms with Gasteiger partial charge in [0.1, 0.15) is 6.33 Å². The number of aromatic nitrogens is 8. The summed E-state index contributed by atoms with van der Waals surface area (Å²) in [5, 5.41) is 26.9. The van der Waals surface area contributed by atoms with Gasteiger partial charge in [0, 0.05) is 31.2 Å². The molecular formula is C20H20N10O. The molecule has 0 spiro atoms. The maximum absolute atomic E-state index is 12.8. The third-order valence-corrected chi connectivity index (χ3v) is 5.24. The van der Waals surface area contributed by atoms with E-state index < -0.39 is 0 Å². The van der Waals surface area contributed by atoms with Gasteiger partial charge in [0.05, 0.1) is 11.6 Å². The summed E-state index contributed by atoms with van der Waals surface area (Å²) in [6.07, 6.45) is 6.79. The highest BCUT2D eigenvalue weighted by Gasteiger charge is 2.27. The molecule has 1 atom stereocenters. The molecule has 11 nitrogen and oxygen atoms in total. The number of nitrogens with zero attached hydrogens (tertiary/aromatic N) is 9. The van der Waals surface area contributed by atoms with Crippen molar-refractivity contribution in [3.63, 3.8) is 0 Å². The van der Waals surface area contributed by atoms with Crippen LogP contribution < -0.4 is 10.2 Å². The summed E-state index contributed by atoms with van der Waals surface area (Å²) in [6, 6.07) is 13.0. The second-order valence-electron chi connectivity index (χ2n) is 7.28. The van der Waals surface area contributed by atoms with E-state index in [4.69, 9.17) is 0 Å². The highest BCUT2D eigenvalue weighted by atomic mass is 16.1. The molecule has 1 N–H and O–H groups in total. The van der Waals surface area contributed by atoms with Crippen molar-refractivity contribution < 1.29 is 4.79 Å². The van der Waals surface area contributed by atoms with Crippen LogP contribution in [-0.4, -0.2) is 59.2 Å². The predicted molar refractivity (Wildman–Crippen MR) is 112 cm³/mol. The topological polar surface area (TPSA) is 120 Å². The average molecular weight is 416 g/mol. The minimum atomic E-state index is -0.125. The van der Waals surface area contributed by atoms with Crippen LogP contribution in [0.3, 0.4) is 0 Å². The van der Waals surface area contributed by atoms with Crippen LogP contribution in [0.4, 0.5) is 11.5 Å². The quantitative estimate of drug-likeness (QED) is 0.520. The van der Waals surface area contributed by atoms with Gasteiger partial charge in [0.15, 0.2) is 11.6 Å². The molecule has 4 aromatic rings. The number of carbonyl (C=O) groups excluding carboxylic acids is 1. The van der Waals surface area contributed by atoms with Gasteiger partial charge in [0.25, 0.3) is 0 Å². The van der Waals surface area contributed by atoms with E-state index in [0.29, 0.717) is 12.4 Å². The molecule has 156 valence electrons. The zero-order valence-electron chi connectivity index (χ0n) is 16.6. The summed E-state index contributed by atoms with van der Waals surface area (Å²) >= 11 is 0. The average Bonchev–Trinajstić information content (AvgIpc) is 3.55. The van der Waals surface area contributed by atoms with E-state index in [1.54, 1.807) is 15.6 Å². The second kappa shape index (κ2) is 8.30. The number of anilines is 2. The SMILES string of the molecule is O=C(Nc1ccc(-n2cnnn2)cc1)C1CCCN(c2ccc(-n3cccn3)nn2)C1. The maximum Gasteiger partial charge on any atom is 0.229 e. The van der Waals surface area contributed by atoms with Crippen LogP contribution in [0.2, 0.25) is 0 Å². The standard InChI is InChI=1S/C20H20N10O/c31-20(23-16-4-6-17(7-5-16)30-14-21-26-27-30)15-3-1-11-28(13-15)18-8-9-19(25-24-18)29-12-2-10-22-29/h2,4-10,12,14-15H,1,3,11,13H2,(H,23,31). The molecule has 11 heteroatoms. The van der Waals surface area contributed by atoms with Gasteiger partial charge in [-0.25, -0.2) is 9.36 Å². The van der Waals surface area contributed by atoms with Gasteiger partial charge in [-0.1, -0.05) is 0 Å². The number of amides is 1. The van der Waals surface area contributed by atoms with Crippen LogP contribution in [0.25, 0.3) is 11.5 Å². The number of nitrogens with one attached hydrogen (secondary N) is 1. The number of carbonyl (C=O) groups is 1. The van der Waals surface area contributed by atoms with Crippen molar-refractivity contribution in [3.05, 3.63) is 61.2 Å². The van der Waals surface area contributed by atoms with Gasteiger partial charge in [-0.2, -0.15) is 5.10 Å². The predicted octanol–water partition coefficient (Wildman–Crippen LogP) is 1.49. The van der Waals surface area contributed by atoms with Crippen LogP contribution in [0.15, 0.2) is 61.2 Å². The largest absolute Gasteiger partial charge is 0.354 e. The molecule has 0 aliphatic carbocycles. The van der Waals surface area contributed by atoms with Gasteiger partial charge in [-0.3, -0.25) is 4.79 Å². The first-order chi connectivity index (χ1) is 15.3. The Labute approximate surface area is 177 Å². The summed E-state index contributed by atoms with van der Waals surface area (Å²) in [7, 11) is 0. The Hall–Kier alpha value is -4.15. The number of hydrogen-bond acceptors (Lipinski definition) is 8. The van der Waals surface area contributed by atoms with E-state index in [9.17, 15) is 4.79 Å². The Morgan fingerprint density at radius 1 is 1.03 bits per heavy atom. The first kappa shape index (κ1) is 18.9. The lowest BCUT2D eigenvalue weighted by Gasteiger charge is -2.32. The molecule has 1 aliphatic rings. The molecule has 31 heavy (non-hydrogen) atoms. The Morgan fingerprint density at radius 3 is 2.58 bits per heavy atom. The number of benzene rings is 1. The molecule has 0 bridgehead atoms. The summed E-state index contributed by atoms with van der Waals surface area (Å²) in [5.74, 6) is 1.30. The lowest BCUT2D eigenvalue weighted by atomic mass is 9.97. The molecule has 0 radical (unpaired) electrons. The van der Waals surface area contributed by atoms with Crippen molar-refractivity contribution in [2.24, 2.45) is 5.92 Å². The molecule has 1 amide bonds. The van der Waals surface area contributed by atoms with E-state index in [1.165, 1.54) is 6.33 Å². The molecule has 1 fully saturated rings. The first-order valence-electron chi connectivity index (χ1n) is 9.99. The Morgan fingerprint density at radius 2 is 1.87 bits per heavy atom. The summed E-state index contributed by atoms with van der Waals surface area (Å²) < 4.78 is 3.22. The fraction of sp³-hybridized carbons (Fsp3) is 0.250. The first-order valence-corrected chi connectivity index (χ1v) is 9.99. The van der Waals surface area contributed by atoms with Crippen molar-refractivity contribution in [1.82, 2.24) is 40.2 Å². The van der Waals surface area contributed by atoms with Crippen molar-refractivity contribution >= 4 is 17.4 Å². The smallest absolute Gasteiger partial charge is 0.229 e. The van der Waals surface area contributed by atoms with Gasteiger partial charge < -0.3 is 10.2 Å². The van der Waals surface area contributed by atoms with Crippen LogP contribution in [0.1, 0.15) is 12.8 Å². The number of hydrogen-bond donors (Lipinski definition) is 1. The molecular weight excluding hydrogens is 396 g/mol. The van der Waals surface area contributed by atoms with Gasteiger partial charge >= 0.3 is 0 Å². The van der Waals surface area contributed by atoms with Gasteiger partial charge in [-0.15, -0.1) is 15.3 Å². The highest BCUT2D eigenvalue weighted by molar-refractivity contribution is 5.93. The van der Waals surface area contributed by atoms with Crippen molar-refractivity contribution in [1.29, 1.82) is 0 Å². The number of tetrazole rings is 1. The zero-order valence-corrected chi connectivity index (χ0v) is 16.6. The summed E-state index contributed by atoms with van der Waals surface area (Å²) in [5.41, 5.74) is 1.56. The highest BCUT2D eigenvalue weighted by Crippen LogP contribution is 2.23. The van der Waals surface area contributed by atoms with E-state index in [0.717, 1.165) is 36.6 Å². The lowest BCUT2D eigenvalue weighted by Crippen LogP contribution is -2.41. The fourth-order valence-corrected chi connectivity index (χ4v) is 3.63. The maximum atomic E-state index is 12.8. The van der Waals surface area contributed by atoms with Crippen molar-refractivity contribution in [2.45, 2.75) is 12.8 Å². The second-order valence-corrected chi connectivity index (χ2v) is 7.28. The minimum Gasteiger partial charge on any atom is -0.354 e. The lowest BCUT2D eigenvalue weighted by molar-refractivity contribution is -0.120. The van der Waals surface area contributed by atoms with Crippen LogP contribution in [-0.2, 0) is 4.79 Å². The van der Waals surface area contributed by atoms with Crippen molar-refractivity contribution in [3.8, 4) is 11.5 Å². The number of rotatable bonds is 5. The third-order valence-electron chi connectivity index (χ3n) is 5.24. The fourth-order valence-electron chi connectivity index (χ4n) is 3.63. The van der Waals surface area contributed by atoms with Gasteiger partial charge in [0.2, 0.25) is 5.91 Å². The molecule has 1 unspecified atom stereocenters. The molecule has 0 saturated carbocycles.